The first-order valence-electron chi connectivity index (χ1n) is 4.46. The number of halogens is 1. The van der Waals surface area contributed by atoms with Crippen molar-refractivity contribution in [3.05, 3.63) is 35.6 Å². The van der Waals surface area contributed by atoms with Gasteiger partial charge in [0.15, 0.2) is 0 Å². The molecule has 0 saturated heterocycles. The molecular formula is C11H14FNO. The Hall–Kier alpha value is -1.22. The van der Waals surface area contributed by atoms with E-state index in [2.05, 4.69) is 4.99 Å². The van der Waals surface area contributed by atoms with Crippen molar-refractivity contribution >= 4 is 6.21 Å². The number of nitrogens with zero attached hydrogens (tertiary/aromatic N) is 1. The Balaban J connectivity index is 2.84. The summed E-state index contributed by atoms with van der Waals surface area (Å²) in [5.41, 5.74) is -0.114. The Kier molecular flexibility index (Phi) is 3.36. The largest absolute Gasteiger partial charge is 0.394 e. The van der Waals surface area contributed by atoms with E-state index < -0.39 is 5.54 Å². The van der Waals surface area contributed by atoms with Gasteiger partial charge in [0.2, 0.25) is 0 Å². The van der Waals surface area contributed by atoms with Crippen molar-refractivity contribution in [1.82, 2.24) is 0 Å². The second kappa shape index (κ2) is 4.33. The summed E-state index contributed by atoms with van der Waals surface area (Å²) in [6.07, 6.45) is 1.45. The molecule has 3 heteroatoms. The van der Waals surface area contributed by atoms with Crippen LogP contribution in [0.1, 0.15) is 19.4 Å². The van der Waals surface area contributed by atoms with Gasteiger partial charge >= 0.3 is 0 Å². The fraction of sp³-hybridized carbons (Fsp3) is 0.364. The SMILES string of the molecule is CC(C)(CO)N=Cc1ccccc1F. The second-order valence-electron chi connectivity index (χ2n) is 3.75. The molecule has 76 valence electrons. The Labute approximate surface area is 83.1 Å². The van der Waals surface area contributed by atoms with E-state index in [9.17, 15) is 4.39 Å². The summed E-state index contributed by atoms with van der Waals surface area (Å²) < 4.78 is 13.1. The summed E-state index contributed by atoms with van der Waals surface area (Å²) in [6, 6.07) is 6.40. The Bertz CT molecular complexity index is 334. The molecule has 0 aromatic heterocycles. The quantitative estimate of drug-likeness (QED) is 0.735. The van der Waals surface area contributed by atoms with Crippen LogP contribution in [0.2, 0.25) is 0 Å². The topological polar surface area (TPSA) is 32.6 Å². The first-order chi connectivity index (χ1) is 6.55. The molecule has 1 aromatic carbocycles. The van der Waals surface area contributed by atoms with E-state index in [4.69, 9.17) is 5.11 Å². The molecule has 0 heterocycles. The van der Waals surface area contributed by atoms with Gasteiger partial charge < -0.3 is 5.11 Å². The number of hydrogen-bond acceptors (Lipinski definition) is 2. The number of aliphatic hydroxyl groups excluding tert-OH is 1. The molecule has 0 aliphatic rings. The lowest BCUT2D eigenvalue weighted by Crippen LogP contribution is -2.22. The van der Waals surface area contributed by atoms with Gasteiger partial charge in [0.1, 0.15) is 5.82 Å². The Morgan fingerprint density at radius 1 is 1.43 bits per heavy atom. The monoisotopic (exact) mass is 195 g/mol. The molecule has 0 aliphatic carbocycles. The number of rotatable bonds is 3. The maximum Gasteiger partial charge on any atom is 0.131 e. The van der Waals surface area contributed by atoms with Crippen LogP contribution in [0.5, 0.6) is 0 Å². The third-order valence-corrected chi connectivity index (χ3v) is 1.85. The lowest BCUT2D eigenvalue weighted by molar-refractivity contribution is 0.223. The third kappa shape index (κ3) is 2.92. The van der Waals surface area contributed by atoms with E-state index in [-0.39, 0.29) is 12.4 Å². The molecule has 14 heavy (non-hydrogen) atoms. The first-order valence-corrected chi connectivity index (χ1v) is 4.46. The van der Waals surface area contributed by atoms with Gasteiger partial charge in [-0.05, 0) is 19.9 Å². The van der Waals surface area contributed by atoms with Crippen LogP contribution in [-0.4, -0.2) is 23.5 Å². The van der Waals surface area contributed by atoms with Crippen LogP contribution in [-0.2, 0) is 0 Å². The van der Waals surface area contributed by atoms with Gasteiger partial charge in [0, 0.05) is 11.8 Å². The maximum atomic E-state index is 13.1. The number of benzene rings is 1. The fourth-order valence-corrected chi connectivity index (χ4v) is 0.865. The van der Waals surface area contributed by atoms with Gasteiger partial charge in [0.25, 0.3) is 0 Å². The van der Waals surface area contributed by atoms with Crippen molar-refractivity contribution in [2.75, 3.05) is 6.61 Å². The minimum atomic E-state index is -0.553. The van der Waals surface area contributed by atoms with E-state index >= 15 is 0 Å². The van der Waals surface area contributed by atoms with Gasteiger partial charge in [-0.2, -0.15) is 0 Å². The summed E-state index contributed by atoms with van der Waals surface area (Å²) in [6.45, 7) is 3.51. The smallest absolute Gasteiger partial charge is 0.131 e. The van der Waals surface area contributed by atoms with Crippen LogP contribution in [0, 0.1) is 5.82 Å². The highest BCUT2D eigenvalue weighted by Gasteiger charge is 2.12. The molecular weight excluding hydrogens is 181 g/mol. The molecule has 0 bridgehead atoms. The predicted molar refractivity (Wildman–Crippen MR) is 55.2 cm³/mol. The summed E-state index contributed by atoms with van der Waals surface area (Å²) in [5.74, 6) is -0.301. The van der Waals surface area contributed by atoms with Crippen molar-refractivity contribution in [2.45, 2.75) is 19.4 Å². The van der Waals surface area contributed by atoms with Crippen LogP contribution < -0.4 is 0 Å². The molecule has 0 radical (unpaired) electrons. The van der Waals surface area contributed by atoms with E-state index in [1.165, 1.54) is 12.3 Å². The van der Waals surface area contributed by atoms with Crippen LogP contribution in [0.15, 0.2) is 29.3 Å². The zero-order chi connectivity index (χ0) is 10.6. The van der Waals surface area contributed by atoms with Crippen LogP contribution >= 0.6 is 0 Å². The number of hydrogen-bond donors (Lipinski definition) is 1. The Morgan fingerprint density at radius 2 is 2.07 bits per heavy atom. The summed E-state index contributed by atoms with van der Waals surface area (Å²) in [4.78, 5) is 4.09. The summed E-state index contributed by atoms with van der Waals surface area (Å²) in [5, 5.41) is 8.93. The third-order valence-electron chi connectivity index (χ3n) is 1.85. The molecule has 2 nitrogen and oxygen atoms in total. The predicted octanol–water partition coefficient (Wildman–Crippen LogP) is 2.02. The lowest BCUT2D eigenvalue weighted by atomic mass is 10.1. The number of aliphatic hydroxyl groups is 1. The first kappa shape index (κ1) is 10.9. The summed E-state index contributed by atoms with van der Waals surface area (Å²) in [7, 11) is 0. The molecule has 1 rings (SSSR count). The number of aliphatic imine (C=N–C) groups is 1. The van der Waals surface area contributed by atoms with Crippen molar-refractivity contribution in [3.63, 3.8) is 0 Å². The van der Waals surface area contributed by atoms with E-state index in [0.717, 1.165) is 0 Å². The molecule has 0 aliphatic heterocycles. The van der Waals surface area contributed by atoms with Crippen LogP contribution in [0.25, 0.3) is 0 Å². The minimum absolute atomic E-state index is 0.0576. The molecule has 0 fully saturated rings. The van der Waals surface area contributed by atoms with Gasteiger partial charge in [-0.25, -0.2) is 4.39 Å². The lowest BCUT2D eigenvalue weighted by Gasteiger charge is -2.14. The van der Waals surface area contributed by atoms with Crippen LogP contribution in [0.4, 0.5) is 4.39 Å². The van der Waals surface area contributed by atoms with Crippen molar-refractivity contribution in [1.29, 1.82) is 0 Å². The zero-order valence-electron chi connectivity index (χ0n) is 8.37. The normalized spacial score (nSPS) is 12.3. The highest BCUT2D eigenvalue weighted by molar-refractivity contribution is 5.80. The minimum Gasteiger partial charge on any atom is -0.394 e. The average Bonchev–Trinajstić information content (AvgIpc) is 2.17. The second-order valence-corrected chi connectivity index (χ2v) is 3.75. The van der Waals surface area contributed by atoms with Crippen molar-refractivity contribution in [2.24, 2.45) is 4.99 Å². The molecule has 0 unspecified atom stereocenters. The molecule has 1 N–H and O–H groups in total. The fourth-order valence-electron chi connectivity index (χ4n) is 0.865. The zero-order valence-corrected chi connectivity index (χ0v) is 8.37. The van der Waals surface area contributed by atoms with Gasteiger partial charge in [-0.15, -0.1) is 0 Å². The van der Waals surface area contributed by atoms with Crippen molar-refractivity contribution in [3.8, 4) is 0 Å². The van der Waals surface area contributed by atoms with Crippen molar-refractivity contribution < 1.29 is 9.50 Å². The van der Waals surface area contributed by atoms with Gasteiger partial charge in [0.05, 0.1) is 12.1 Å². The highest BCUT2D eigenvalue weighted by atomic mass is 19.1. The Morgan fingerprint density at radius 3 is 2.64 bits per heavy atom. The molecule has 0 spiro atoms. The van der Waals surface area contributed by atoms with Crippen LogP contribution in [0.3, 0.4) is 0 Å². The molecule has 1 aromatic rings. The van der Waals surface area contributed by atoms with E-state index in [1.54, 1.807) is 32.0 Å². The summed E-state index contributed by atoms with van der Waals surface area (Å²) >= 11 is 0. The standard InChI is InChI=1S/C11H14FNO/c1-11(2,8-14)13-7-9-5-3-4-6-10(9)12/h3-7,14H,8H2,1-2H3. The van der Waals surface area contributed by atoms with E-state index in [0.29, 0.717) is 5.56 Å². The van der Waals surface area contributed by atoms with Gasteiger partial charge in [-0.3, -0.25) is 4.99 Å². The molecule has 0 amide bonds. The van der Waals surface area contributed by atoms with Gasteiger partial charge in [-0.1, -0.05) is 18.2 Å². The highest BCUT2D eigenvalue weighted by Crippen LogP contribution is 2.09. The maximum absolute atomic E-state index is 13.1. The average molecular weight is 195 g/mol. The van der Waals surface area contributed by atoms with E-state index in [1.807, 2.05) is 0 Å². The molecule has 0 saturated carbocycles. The molecule has 0 atom stereocenters.